The van der Waals surface area contributed by atoms with Crippen LogP contribution in [-0.2, 0) is 0 Å². The van der Waals surface area contributed by atoms with Gasteiger partial charge in [0.1, 0.15) is 6.61 Å². The number of hydrogen-bond donors (Lipinski definition) is 1. The van der Waals surface area contributed by atoms with E-state index in [1.165, 1.54) is 17.5 Å². The molecule has 4 nitrogen and oxygen atoms in total. The summed E-state index contributed by atoms with van der Waals surface area (Å²) in [5.74, 6) is 1.27. The van der Waals surface area contributed by atoms with E-state index in [1.54, 1.807) is 23.5 Å². The Bertz CT molecular complexity index is 872. The molecule has 148 valence electrons. The Morgan fingerprint density at radius 1 is 1.07 bits per heavy atom. The number of ether oxygens (including phenoxy) is 1. The number of aromatic nitrogens is 1. The number of piperidine rings is 1. The molecule has 0 unspecified atom stereocenters. The van der Waals surface area contributed by atoms with E-state index < -0.39 is 0 Å². The number of thiazole rings is 1. The molecule has 1 N–H and O–H groups in total. The SMILES string of the molecule is Clc1cccc(Cl)c1OCCN1CCC(CNc2nc3ccccc3s2)CC1. The van der Waals surface area contributed by atoms with Crippen molar-refractivity contribution in [3.8, 4) is 5.75 Å². The molecule has 2 heterocycles. The lowest BCUT2D eigenvalue weighted by Gasteiger charge is -2.31. The number of benzene rings is 2. The number of fused-ring (bicyclic) bond motifs is 1. The maximum Gasteiger partial charge on any atom is 0.183 e. The Morgan fingerprint density at radius 3 is 2.57 bits per heavy atom. The normalized spacial score (nSPS) is 15.8. The minimum absolute atomic E-state index is 0.562. The largest absolute Gasteiger partial charge is 0.489 e. The van der Waals surface area contributed by atoms with Gasteiger partial charge in [0.05, 0.1) is 20.3 Å². The summed E-state index contributed by atoms with van der Waals surface area (Å²) in [4.78, 5) is 7.10. The molecule has 0 bridgehead atoms. The Hall–Kier alpha value is -1.53. The third-order valence-corrected chi connectivity index (χ3v) is 6.71. The number of halogens is 2. The van der Waals surface area contributed by atoms with Gasteiger partial charge >= 0.3 is 0 Å². The van der Waals surface area contributed by atoms with E-state index in [2.05, 4.69) is 33.4 Å². The molecule has 0 saturated carbocycles. The highest BCUT2D eigenvalue weighted by molar-refractivity contribution is 7.22. The minimum atomic E-state index is 0.562. The fourth-order valence-corrected chi connectivity index (χ4v) is 4.87. The molecule has 1 fully saturated rings. The molecule has 0 aliphatic carbocycles. The Balaban J connectivity index is 1.18. The summed E-state index contributed by atoms with van der Waals surface area (Å²) in [7, 11) is 0. The van der Waals surface area contributed by atoms with Gasteiger partial charge in [0.15, 0.2) is 10.9 Å². The Labute approximate surface area is 179 Å². The third-order valence-electron chi connectivity index (χ3n) is 5.12. The molecule has 1 saturated heterocycles. The number of nitrogens with zero attached hydrogens (tertiary/aromatic N) is 2. The van der Waals surface area contributed by atoms with Crippen LogP contribution in [-0.4, -0.2) is 42.7 Å². The van der Waals surface area contributed by atoms with Gasteiger partial charge in [-0.25, -0.2) is 4.98 Å². The second kappa shape index (κ2) is 9.31. The molecule has 1 aliphatic heterocycles. The van der Waals surface area contributed by atoms with Gasteiger partial charge in [0, 0.05) is 13.1 Å². The quantitative estimate of drug-likeness (QED) is 0.508. The van der Waals surface area contributed by atoms with E-state index in [1.807, 2.05) is 12.1 Å². The van der Waals surface area contributed by atoms with Gasteiger partial charge in [-0.2, -0.15) is 0 Å². The second-order valence-electron chi connectivity index (χ2n) is 7.05. The highest BCUT2D eigenvalue weighted by atomic mass is 35.5. The van der Waals surface area contributed by atoms with Gasteiger partial charge in [-0.3, -0.25) is 4.90 Å². The summed E-state index contributed by atoms with van der Waals surface area (Å²) in [5, 5.41) is 5.68. The predicted molar refractivity (Wildman–Crippen MR) is 119 cm³/mol. The van der Waals surface area contributed by atoms with Crippen molar-refractivity contribution in [2.45, 2.75) is 12.8 Å². The Morgan fingerprint density at radius 2 is 1.82 bits per heavy atom. The first-order valence-electron chi connectivity index (χ1n) is 9.57. The maximum atomic E-state index is 6.15. The van der Waals surface area contributed by atoms with Gasteiger partial charge in [-0.1, -0.05) is 52.7 Å². The lowest BCUT2D eigenvalue weighted by molar-refractivity contribution is 0.158. The lowest BCUT2D eigenvalue weighted by Crippen LogP contribution is -2.38. The first-order valence-corrected chi connectivity index (χ1v) is 11.1. The van der Waals surface area contributed by atoms with E-state index in [9.17, 15) is 0 Å². The van der Waals surface area contributed by atoms with Crippen molar-refractivity contribution in [1.82, 2.24) is 9.88 Å². The van der Waals surface area contributed by atoms with Crippen LogP contribution in [0.5, 0.6) is 5.75 Å². The number of nitrogens with one attached hydrogen (secondary N) is 1. The monoisotopic (exact) mass is 435 g/mol. The van der Waals surface area contributed by atoms with Crippen molar-refractivity contribution < 1.29 is 4.74 Å². The molecule has 0 atom stereocenters. The molecule has 0 spiro atoms. The maximum absolute atomic E-state index is 6.15. The van der Waals surface area contributed by atoms with Gasteiger partial charge < -0.3 is 10.1 Å². The van der Waals surface area contributed by atoms with Crippen LogP contribution in [0, 0.1) is 5.92 Å². The molecule has 7 heteroatoms. The van der Waals surface area contributed by atoms with Crippen molar-refractivity contribution in [1.29, 1.82) is 0 Å². The minimum Gasteiger partial charge on any atom is -0.489 e. The number of anilines is 1. The molecule has 1 aliphatic rings. The molecular formula is C21H23Cl2N3OS. The zero-order valence-corrected chi connectivity index (χ0v) is 17.9. The van der Waals surface area contributed by atoms with E-state index in [0.717, 1.165) is 36.8 Å². The lowest BCUT2D eigenvalue weighted by atomic mass is 9.97. The zero-order valence-electron chi connectivity index (χ0n) is 15.5. The number of likely N-dealkylation sites (tertiary alicyclic amines) is 1. The van der Waals surface area contributed by atoms with Crippen molar-refractivity contribution in [3.05, 3.63) is 52.5 Å². The number of rotatable bonds is 7. The molecule has 4 rings (SSSR count). The molecular weight excluding hydrogens is 413 g/mol. The predicted octanol–water partition coefficient (Wildman–Crippen LogP) is 5.81. The standard InChI is InChI=1S/C21H23Cl2N3OS/c22-16-4-3-5-17(23)20(16)27-13-12-26-10-8-15(9-11-26)14-24-21-25-18-6-1-2-7-19(18)28-21/h1-7,15H,8-14H2,(H,24,25). The van der Waals surface area contributed by atoms with E-state index in [4.69, 9.17) is 27.9 Å². The summed E-state index contributed by atoms with van der Waals surface area (Å²) in [6.45, 7) is 4.65. The molecule has 0 amide bonds. The van der Waals surface area contributed by atoms with Crippen LogP contribution in [0.2, 0.25) is 10.0 Å². The van der Waals surface area contributed by atoms with E-state index >= 15 is 0 Å². The molecule has 0 radical (unpaired) electrons. The highest BCUT2D eigenvalue weighted by Crippen LogP contribution is 2.32. The van der Waals surface area contributed by atoms with Crippen LogP contribution < -0.4 is 10.1 Å². The topological polar surface area (TPSA) is 37.4 Å². The molecule has 3 aromatic rings. The summed E-state index contributed by atoms with van der Waals surface area (Å²) in [5.41, 5.74) is 1.07. The smallest absolute Gasteiger partial charge is 0.183 e. The average Bonchev–Trinajstić information content (AvgIpc) is 3.12. The number of hydrogen-bond acceptors (Lipinski definition) is 5. The fourth-order valence-electron chi connectivity index (χ4n) is 3.49. The van der Waals surface area contributed by atoms with Gasteiger partial charge in [-0.15, -0.1) is 0 Å². The van der Waals surface area contributed by atoms with E-state index in [-0.39, 0.29) is 0 Å². The number of para-hydroxylation sites is 2. The summed E-state index contributed by atoms with van der Waals surface area (Å²) in [6, 6.07) is 13.7. The van der Waals surface area contributed by atoms with Crippen LogP contribution in [0.25, 0.3) is 10.2 Å². The first-order chi connectivity index (χ1) is 13.7. The fraction of sp³-hybridized carbons (Fsp3) is 0.381. The zero-order chi connectivity index (χ0) is 19.3. The van der Waals surface area contributed by atoms with E-state index in [0.29, 0.717) is 28.3 Å². The van der Waals surface area contributed by atoms with Gasteiger partial charge in [0.25, 0.3) is 0 Å². The van der Waals surface area contributed by atoms with Crippen molar-refractivity contribution in [3.63, 3.8) is 0 Å². The molecule has 2 aromatic carbocycles. The van der Waals surface area contributed by atoms with Gasteiger partial charge in [0.2, 0.25) is 0 Å². The Kier molecular flexibility index (Phi) is 6.58. The second-order valence-corrected chi connectivity index (χ2v) is 8.90. The van der Waals surface area contributed by atoms with Crippen LogP contribution in [0.4, 0.5) is 5.13 Å². The van der Waals surface area contributed by atoms with Crippen LogP contribution in [0.3, 0.4) is 0 Å². The van der Waals surface area contributed by atoms with Crippen molar-refractivity contribution in [2.75, 3.05) is 38.1 Å². The molecule has 28 heavy (non-hydrogen) atoms. The molecule has 1 aromatic heterocycles. The van der Waals surface area contributed by atoms with Crippen LogP contribution >= 0.6 is 34.5 Å². The summed E-state index contributed by atoms with van der Waals surface area (Å²) >= 11 is 14.0. The third kappa shape index (κ3) is 4.90. The average molecular weight is 436 g/mol. The van der Waals surface area contributed by atoms with Gasteiger partial charge in [-0.05, 0) is 56.1 Å². The van der Waals surface area contributed by atoms with Crippen LogP contribution in [0.1, 0.15) is 12.8 Å². The van der Waals surface area contributed by atoms with Crippen molar-refractivity contribution in [2.24, 2.45) is 5.92 Å². The highest BCUT2D eigenvalue weighted by Gasteiger charge is 2.19. The summed E-state index contributed by atoms with van der Waals surface area (Å²) in [6.07, 6.45) is 2.37. The summed E-state index contributed by atoms with van der Waals surface area (Å²) < 4.78 is 7.04. The first kappa shape index (κ1) is 19.8. The van der Waals surface area contributed by atoms with Crippen molar-refractivity contribution >= 4 is 49.9 Å². The van der Waals surface area contributed by atoms with Crippen LogP contribution in [0.15, 0.2) is 42.5 Å².